The minimum absolute atomic E-state index is 0.142. The number of morpholine rings is 1. The average molecular weight is 383 g/mol. The van der Waals surface area contributed by atoms with Crippen LogP contribution in [-0.2, 0) is 9.53 Å². The zero-order valence-corrected chi connectivity index (χ0v) is 15.9. The van der Waals surface area contributed by atoms with E-state index in [1.54, 1.807) is 24.3 Å². The first-order valence-electron chi connectivity index (χ1n) is 9.33. The first-order valence-corrected chi connectivity index (χ1v) is 9.33. The highest BCUT2D eigenvalue weighted by Gasteiger charge is 2.16. The van der Waals surface area contributed by atoms with Gasteiger partial charge in [0.1, 0.15) is 11.5 Å². The van der Waals surface area contributed by atoms with Gasteiger partial charge in [-0.25, -0.2) is 0 Å². The SMILES string of the molecule is Cc1cccc(C(=O)NC(=Cc2ccco2)C(=O)NCCN2CCOCC2)c1. The Morgan fingerprint density at radius 1 is 1.18 bits per heavy atom. The number of ether oxygens (including phenoxy) is 1. The maximum atomic E-state index is 12.7. The highest BCUT2D eigenvalue weighted by molar-refractivity contribution is 6.05. The van der Waals surface area contributed by atoms with Gasteiger partial charge >= 0.3 is 0 Å². The van der Waals surface area contributed by atoms with Crippen molar-refractivity contribution < 1.29 is 18.7 Å². The number of nitrogens with one attached hydrogen (secondary N) is 2. The van der Waals surface area contributed by atoms with Gasteiger partial charge in [0.2, 0.25) is 0 Å². The molecule has 0 aliphatic carbocycles. The summed E-state index contributed by atoms with van der Waals surface area (Å²) in [5.74, 6) is -0.210. The van der Waals surface area contributed by atoms with Gasteiger partial charge in [-0.05, 0) is 31.2 Å². The molecule has 0 unspecified atom stereocenters. The van der Waals surface area contributed by atoms with Crippen molar-refractivity contribution in [2.45, 2.75) is 6.92 Å². The Morgan fingerprint density at radius 3 is 2.71 bits per heavy atom. The molecule has 0 spiro atoms. The lowest BCUT2D eigenvalue weighted by molar-refractivity contribution is -0.117. The molecular formula is C21H25N3O4. The van der Waals surface area contributed by atoms with Crippen LogP contribution in [0.3, 0.4) is 0 Å². The van der Waals surface area contributed by atoms with Gasteiger partial charge in [-0.1, -0.05) is 17.7 Å². The Kier molecular flexibility index (Phi) is 7.00. The van der Waals surface area contributed by atoms with Gasteiger partial charge < -0.3 is 19.8 Å². The van der Waals surface area contributed by atoms with Gasteiger partial charge in [0.25, 0.3) is 11.8 Å². The Balaban J connectivity index is 1.64. The molecule has 1 saturated heterocycles. The summed E-state index contributed by atoms with van der Waals surface area (Å²) in [6, 6.07) is 10.7. The summed E-state index contributed by atoms with van der Waals surface area (Å²) >= 11 is 0. The molecule has 0 radical (unpaired) electrons. The molecule has 1 aliphatic rings. The summed E-state index contributed by atoms with van der Waals surface area (Å²) in [5, 5.41) is 5.57. The first-order chi connectivity index (χ1) is 13.6. The van der Waals surface area contributed by atoms with Crippen LogP contribution in [-0.4, -0.2) is 56.1 Å². The van der Waals surface area contributed by atoms with E-state index in [9.17, 15) is 9.59 Å². The van der Waals surface area contributed by atoms with Crippen LogP contribution in [0, 0.1) is 6.92 Å². The largest absolute Gasteiger partial charge is 0.465 e. The van der Waals surface area contributed by atoms with Crippen LogP contribution in [0.1, 0.15) is 21.7 Å². The van der Waals surface area contributed by atoms with Crippen molar-refractivity contribution in [3.05, 3.63) is 65.2 Å². The molecule has 28 heavy (non-hydrogen) atoms. The van der Waals surface area contributed by atoms with E-state index < -0.39 is 0 Å². The number of hydrogen-bond donors (Lipinski definition) is 2. The smallest absolute Gasteiger partial charge is 0.267 e. The third-order valence-corrected chi connectivity index (χ3v) is 4.42. The van der Waals surface area contributed by atoms with E-state index in [-0.39, 0.29) is 17.5 Å². The topological polar surface area (TPSA) is 83.8 Å². The molecule has 1 aromatic heterocycles. The minimum atomic E-state index is -0.356. The van der Waals surface area contributed by atoms with Crippen molar-refractivity contribution in [3.8, 4) is 0 Å². The van der Waals surface area contributed by atoms with Gasteiger partial charge in [-0.15, -0.1) is 0 Å². The number of aryl methyl sites for hydroxylation is 1. The molecule has 2 amide bonds. The van der Waals surface area contributed by atoms with Crippen molar-refractivity contribution in [1.29, 1.82) is 0 Å². The lowest BCUT2D eigenvalue weighted by atomic mass is 10.1. The molecule has 0 atom stereocenters. The summed E-state index contributed by atoms with van der Waals surface area (Å²) in [5.41, 5.74) is 1.61. The minimum Gasteiger partial charge on any atom is -0.465 e. The quantitative estimate of drug-likeness (QED) is 0.713. The van der Waals surface area contributed by atoms with Crippen LogP contribution in [0.5, 0.6) is 0 Å². The zero-order valence-electron chi connectivity index (χ0n) is 15.9. The molecule has 0 saturated carbocycles. The number of furan rings is 1. The number of hydrogen-bond acceptors (Lipinski definition) is 5. The summed E-state index contributed by atoms with van der Waals surface area (Å²) in [6.45, 7) is 6.26. The van der Waals surface area contributed by atoms with E-state index >= 15 is 0 Å². The van der Waals surface area contributed by atoms with Crippen LogP contribution >= 0.6 is 0 Å². The van der Waals surface area contributed by atoms with E-state index in [4.69, 9.17) is 9.15 Å². The van der Waals surface area contributed by atoms with Gasteiger partial charge in [-0.3, -0.25) is 14.5 Å². The molecule has 1 aromatic carbocycles. The summed E-state index contributed by atoms with van der Waals surface area (Å²) in [4.78, 5) is 27.5. The van der Waals surface area contributed by atoms with Crippen molar-refractivity contribution >= 4 is 17.9 Å². The second-order valence-corrected chi connectivity index (χ2v) is 6.61. The van der Waals surface area contributed by atoms with Crippen molar-refractivity contribution in [3.63, 3.8) is 0 Å². The molecule has 1 fully saturated rings. The zero-order chi connectivity index (χ0) is 19.8. The van der Waals surface area contributed by atoms with Crippen LogP contribution < -0.4 is 10.6 Å². The molecule has 2 heterocycles. The fourth-order valence-electron chi connectivity index (χ4n) is 2.90. The third-order valence-electron chi connectivity index (χ3n) is 4.42. The molecule has 0 bridgehead atoms. The van der Waals surface area contributed by atoms with Gasteiger partial charge in [-0.2, -0.15) is 0 Å². The second kappa shape index (κ2) is 9.87. The normalized spacial score (nSPS) is 15.2. The standard InChI is InChI=1S/C21H25N3O4/c1-16-4-2-5-17(14-16)20(25)23-19(15-18-6-3-11-28-18)21(26)22-7-8-24-9-12-27-13-10-24/h2-6,11,14-15H,7-10,12-13H2,1H3,(H,22,26)(H,23,25). The predicted octanol–water partition coefficient (Wildman–Crippen LogP) is 1.81. The molecule has 2 N–H and O–H groups in total. The van der Waals surface area contributed by atoms with E-state index in [2.05, 4.69) is 15.5 Å². The fraction of sp³-hybridized carbons (Fsp3) is 0.333. The molecular weight excluding hydrogens is 358 g/mol. The Labute approximate surface area is 164 Å². The van der Waals surface area contributed by atoms with Gasteiger partial charge in [0.05, 0.1) is 19.5 Å². The van der Waals surface area contributed by atoms with Crippen LogP contribution in [0.15, 0.2) is 52.8 Å². The molecule has 7 nitrogen and oxygen atoms in total. The number of rotatable bonds is 7. The summed E-state index contributed by atoms with van der Waals surface area (Å²) in [6.07, 6.45) is 3.04. The number of benzene rings is 1. The second-order valence-electron chi connectivity index (χ2n) is 6.61. The van der Waals surface area contributed by atoms with E-state index in [0.29, 0.717) is 31.1 Å². The van der Waals surface area contributed by atoms with Gasteiger partial charge in [0, 0.05) is 37.8 Å². The lowest BCUT2D eigenvalue weighted by Gasteiger charge is -2.26. The highest BCUT2D eigenvalue weighted by atomic mass is 16.5. The Bertz CT molecular complexity index is 824. The Hall–Kier alpha value is -2.90. The maximum Gasteiger partial charge on any atom is 0.267 e. The average Bonchev–Trinajstić information content (AvgIpc) is 3.21. The molecule has 3 rings (SSSR count). The molecule has 7 heteroatoms. The van der Waals surface area contributed by atoms with E-state index in [0.717, 1.165) is 25.2 Å². The monoisotopic (exact) mass is 383 g/mol. The lowest BCUT2D eigenvalue weighted by Crippen LogP contribution is -2.42. The molecule has 2 aromatic rings. The maximum absolute atomic E-state index is 12.7. The number of amides is 2. The third kappa shape index (κ3) is 5.80. The molecule has 148 valence electrons. The van der Waals surface area contributed by atoms with Crippen LogP contribution in [0.25, 0.3) is 6.08 Å². The van der Waals surface area contributed by atoms with Gasteiger partial charge in [0.15, 0.2) is 0 Å². The van der Waals surface area contributed by atoms with Crippen LogP contribution in [0.4, 0.5) is 0 Å². The van der Waals surface area contributed by atoms with E-state index in [1.807, 2.05) is 19.1 Å². The fourth-order valence-corrected chi connectivity index (χ4v) is 2.90. The van der Waals surface area contributed by atoms with Crippen molar-refractivity contribution in [1.82, 2.24) is 15.5 Å². The predicted molar refractivity (Wildman–Crippen MR) is 106 cm³/mol. The van der Waals surface area contributed by atoms with Crippen molar-refractivity contribution in [2.75, 3.05) is 39.4 Å². The number of carbonyl (C=O) groups is 2. The summed E-state index contributed by atoms with van der Waals surface area (Å²) in [7, 11) is 0. The number of carbonyl (C=O) groups excluding carboxylic acids is 2. The Morgan fingerprint density at radius 2 is 2.00 bits per heavy atom. The van der Waals surface area contributed by atoms with E-state index in [1.165, 1.54) is 12.3 Å². The van der Waals surface area contributed by atoms with Crippen molar-refractivity contribution in [2.24, 2.45) is 0 Å². The van der Waals surface area contributed by atoms with Crippen LogP contribution in [0.2, 0.25) is 0 Å². The summed E-state index contributed by atoms with van der Waals surface area (Å²) < 4.78 is 10.6. The first kappa shape index (κ1) is 19.9. The number of nitrogens with zero attached hydrogens (tertiary/aromatic N) is 1. The molecule has 1 aliphatic heterocycles. The highest BCUT2D eigenvalue weighted by Crippen LogP contribution is 2.09.